The van der Waals surface area contributed by atoms with Gasteiger partial charge in [0.25, 0.3) is 0 Å². The number of carboxylic acids is 1. The lowest BCUT2D eigenvalue weighted by Crippen LogP contribution is -2.21. The molecule has 0 aliphatic rings. The van der Waals surface area contributed by atoms with E-state index < -0.39 is 12.1 Å². The van der Waals surface area contributed by atoms with Crippen LogP contribution in [0.5, 0.6) is 0 Å². The zero-order valence-electron chi connectivity index (χ0n) is 15.5. The first kappa shape index (κ1) is 20.8. The van der Waals surface area contributed by atoms with Crippen molar-refractivity contribution < 1.29 is 27.9 Å². The van der Waals surface area contributed by atoms with Crippen molar-refractivity contribution in [2.24, 2.45) is 5.90 Å². The lowest BCUT2D eigenvalue weighted by Gasteiger charge is -2.13. The molecule has 152 valence electrons. The number of hydrogen-bond donors (Lipinski definition) is 2. The lowest BCUT2D eigenvalue weighted by atomic mass is 9.91. The number of benzene rings is 4. The van der Waals surface area contributed by atoms with Crippen LogP contribution in [0.25, 0.3) is 32.3 Å². The Bertz CT molecular complexity index is 1110. The average Bonchev–Trinajstić information content (AvgIpc) is 2.70. The molecule has 4 rings (SSSR count). The minimum atomic E-state index is -5.08. The van der Waals surface area contributed by atoms with Crippen molar-refractivity contribution in [3.63, 3.8) is 0 Å². The maximum absolute atomic E-state index is 10.6. The van der Waals surface area contributed by atoms with E-state index in [1.54, 1.807) is 0 Å². The second-order valence-electron chi connectivity index (χ2n) is 6.71. The molecule has 3 N–H and O–H groups in total. The second kappa shape index (κ2) is 8.63. The first-order valence-electron chi connectivity index (χ1n) is 9.10. The Morgan fingerprint density at radius 3 is 2.03 bits per heavy atom. The van der Waals surface area contributed by atoms with Gasteiger partial charge in [-0.05, 0) is 57.1 Å². The van der Waals surface area contributed by atoms with E-state index >= 15 is 0 Å². The van der Waals surface area contributed by atoms with Crippen LogP contribution >= 0.6 is 0 Å². The van der Waals surface area contributed by atoms with Crippen LogP contribution in [0.2, 0.25) is 0 Å². The number of carbonyl (C=O) groups is 1. The van der Waals surface area contributed by atoms with Crippen LogP contribution in [0.15, 0.2) is 54.6 Å². The number of carboxylic acid groups (broad SMARTS) is 1. The molecule has 0 unspecified atom stereocenters. The van der Waals surface area contributed by atoms with E-state index in [4.69, 9.17) is 15.8 Å². The summed E-state index contributed by atoms with van der Waals surface area (Å²) >= 11 is 0. The summed E-state index contributed by atoms with van der Waals surface area (Å²) < 4.78 is 31.7. The minimum Gasteiger partial charge on any atom is -0.475 e. The Balaban J connectivity index is 0.000000298. The normalized spacial score (nSPS) is 11.7. The van der Waals surface area contributed by atoms with Gasteiger partial charge in [0.1, 0.15) is 0 Å². The highest BCUT2D eigenvalue weighted by Gasteiger charge is 2.38. The van der Waals surface area contributed by atoms with Gasteiger partial charge >= 0.3 is 12.1 Å². The zero-order chi connectivity index (χ0) is 21.0. The van der Waals surface area contributed by atoms with Crippen molar-refractivity contribution in [2.75, 3.05) is 6.61 Å². The van der Waals surface area contributed by atoms with E-state index in [0.717, 1.165) is 19.3 Å². The average molecular weight is 403 g/mol. The molecular weight excluding hydrogens is 383 g/mol. The highest BCUT2D eigenvalue weighted by molar-refractivity contribution is 6.23. The zero-order valence-corrected chi connectivity index (χ0v) is 15.5. The van der Waals surface area contributed by atoms with Crippen LogP contribution in [-0.2, 0) is 16.1 Å². The minimum absolute atomic E-state index is 0.631. The highest BCUT2D eigenvalue weighted by atomic mass is 19.4. The predicted octanol–water partition coefficient (Wildman–Crippen LogP) is 5.43. The number of hydrogen-bond acceptors (Lipinski definition) is 3. The third-order valence-corrected chi connectivity index (χ3v) is 4.82. The summed E-state index contributed by atoms with van der Waals surface area (Å²) in [5.41, 5.74) is 1.42. The van der Waals surface area contributed by atoms with E-state index in [2.05, 4.69) is 59.4 Å². The van der Waals surface area contributed by atoms with Crippen LogP contribution in [0.4, 0.5) is 13.2 Å². The largest absolute Gasteiger partial charge is 0.490 e. The van der Waals surface area contributed by atoms with Crippen molar-refractivity contribution in [1.82, 2.24) is 0 Å². The molecule has 0 aliphatic carbocycles. The smallest absolute Gasteiger partial charge is 0.475 e. The van der Waals surface area contributed by atoms with Crippen molar-refractivity contribution in [2.45, 2.75) is 25.4 Å². The van der Waals surface area contributed by atoms with E-state index in [9.17, 15) is 13.2 Å². The third-order valence-electron chi connectivity index (χ3n) is 4.82. The van der Waals surface area contributed by atoms with Crippen LogP contribution in [0, 0.1) is 0 Å². The number of alkyl halides is 3. The molecule has 0 aromatic heterocycles. The van der Waals surface area contributed by atoms with E-state index in [1.807, 2.05) is 0 Å². The third kappa shape index (κ3) is 4.58. The van der Waals surface area contributed by atoms with Gasteiger partial charge in [-0.2, -0.15) is 13.2 Å². The van der Waals surface area contributed by atoms with Gasteiger partial charge in [0, 0.05) is 0 Å². The van der Waals surface area contributed by atoms with Gasteiger partial charge in [-0.25, -0.2) is 10.7 Å². The summed E-state index contributed by atoms with van der Waals surface area (Å²) in [6.07, 6.45) is -1.92. The van der Waals surface area contributed by atoms with Crippen LogP contribution in [0.1, 0.15) is 18.4 Å². The Kier molecular flexibility index (Phi) is 6.20. The Morgan fingerprint density at radius 2 is 1.45 bits per heavy atom. The van der Waals surface area contributed by atoms with Gasteiger partial charge in [-0.1, -0.05) is 54.6 Å². The standard InChI is InChI=1S/C20H19NO.C2HF3O2/c21-22-13-2-1-4-14-7-8-17-10-9-15-5-3-6-16-11-12-18(14)20(17)19(15)16;3-2(4,5)1(6)7/h3,5-12H,1-2,4,13,21H2;(H,6,7). The quantitative estimate of drug-likeness (QED) is 0.265. The molecule has 4 aromatic rings. The molecule has 0 bridgehead atoms. The summed E-state index contributed by atoms with van der Waals surface area (Å²) in [6.45, 7) is 0.631. The van der Waals surface area contributed by atoms with E-state index in [-0.39, 0.29) is 0 Å². The first-order valence-corrected chi connectivity index (χ1v) is 9.10. The molecule has 0 saturated heterocycles. The number of aryl methyl sites for hydroxylation is 1. The van der Waals surface area contributed by atoms with Gasteiger partial charge < -0.3 is 9.94 Å². The van der Waals surface area contributed by atoms with Crippen molar-refractivity contribution >= 4 is 38.3 Å². The molecule has 0 heterocycles. The SMILES string of the molecule is NOCCCCc1ccc2ccc3cccc4ccc1c2c34.O=C(O)C(F)(F)F. The Morgan fingerprint density at radius 1 is 0.897 bits per heavy atom. The molecule has 0 spiro atoms. The number of unbranched alkanes of at least 4 members (excludes halogenated alkanes) is 1. The molecule has 7 heteroatoms. The second-order valence-corrected chi connectivity index (χ2v) is 6.71. The molecule has 0 radical (unpaired) electrons. The molecule has 29 heavy (non-hydrogen) atoms. The van der Waals surface area contributed by atoms with Crippen molar-refractivity contribution in [3.05, 3.63) is 60.2 Å². The molecule has 0 amide bonds. The fourth-order valence-corrected chi connectivity index (χ4v) is 3.51. The molecule has 4 aromatic carbocycles. The van der Waals surface area contributed by atoms with Gasteiger partial charge in [0.05, 0.1) is 6.61 Å². The number of halogens is 3. The fraction of sp³-hybridized carbons (Fsp3) is 0.227. The Labute approximate surface area is 165 Å². The highest BCUT2D eigenvalue weighted by Crippen LogP contribution is 2.36. The summed E-state index contributed by atoms with van der Waals surface area (Å²) in [7, 11) is 0. The van der Waals surface area contributed by atoms with Gasteiger partial charge in [-0.3, -0.25) is 0 Å². The maximum atomic E-state index is 10.6. The molecular formula is C22H20F3NO3. The summed E-state index contributed by atoms with van der Waals surface area (Å²) in [5, 5.41) is 15.3. The maximum Gasteiger partial charge on any atom is 0.490 e. The summed E-state index contributed by atoms with van der Waals surface area (Å²) in [4.78, 5) is 13.6. The molecule has 4 nitrogen and oxygen atoms in total. The lowest BCUT2D eigenvalue weighted by molar-refractivity contribution is -0.192. The molecule has 0 fully saturated rings. The predicted molar refractivity (Wildman–Crippen MR) is 107 cm³/mol. The fourth-order valence-electron chi connectivity index (χ4n) is 3.51. The number of nitrogens with two attached hydrogens (primary N) is 1. The summed E-state index contributed by atoms with van der Waals surface area (Å²) in [5.74, 6) is 2.34. The molecule has 0 aliphatic heterocycles. The van der Waals surface area contributed by atoms with Crippen LogP contribution < -0.4 is 5.90 Å². The van der Waals surface area contributed by atoms with Crippen molar-refractivity contribution in [3.8, 4) is 0 Å². The van der Waals surface area contributed by atoms with Crippen LogP contribution in [-0.4, -0.2) is 23.9 Å². The number of rotatable bonds is 5. The monoisotopic (exact) mass is 403 g/mol. The molecule has 0 atom stereocenters. The summed E-state index contributed by atoms with van der Waals surface area (Å²) in [6, 6.07) is 20.0. The molecule has 0 saturated carbocycles. The number of aliphatic carboxylic acids is 1. The van der Waals surface area contributed by atoms with Gasteiger partial charge in [0.15, 0.2) is 0 Å². The van der Waals surface area contributed by atoms with Gasteiger partial charge in [-0.15, -0.1) is 0 Å². The van der Waals surface area contributed by atoms with Gasteiger partial charge in [0.2, 0.25) is 0 Å². The first-order chi connectivity index (χ1) is 13.8. The van der Waals surface area contributed by atoms with Crippen molar-refractivity contribution in [1.29, 1.82) is 0 Å². The van der Waals surface area contributed by atoms with Crippen LogP contribution in [0.3, 0.4) is 0 Å². The topological polar surface area (TPSA) is 72.5 Å². The Hall–Kier alpha value is -2.90. The van der Waals surface area contributed by atoms with E-state index in [0.29, 0.717) is 6.61 Å². The van der Waals surface area contributed by atoms with E-state index in [1.165, 1.54) is 37.9 Å².